The molecule has 21 heavy (non-hydrogen) atoms. The lowest BCUT2D eigenvalue weighted by atomic mass is 10.2. The molecule has 1 aromatic rings. The third kappa shape index (κ3) is 4.35. The second kappa shape index (κ2) is 7.30. The van der Waals surface area contributed by atoms with Gasteiger partial charge in [0.1, 0.15) is 6.04 Å². The molecule has 2 rings (SSSR count). The molecule has 0 aromatic carbocycles. The van der Waals surface area contributed by atoms with Gasteiger partial charge in [0.15, 0.2) is 0 Å². The van der Waals surface area contributed by atoms with Gasteiger partial charge in [0.25, 0.3) is 0 Å². The summed E-state index contributed by atoms with van der Waals surface area (Å²) in [7, 11) is 0. The number of aromatic nitrogens is 2. The molecule has 2 atom stereocenters. The molecule has 8 nitrogen and oxygen atoms in total. The Labute approximate surface area is 122 Å². The molecule has 0 bridgehead atoms. The van der Waals surface area contributed by atoms with Gasteiger partial charge in [-0.25, -0.2) is 9.97 Å². The molecule has 1 aromatic heterocycles. The van der Waals surface area contributed by atoms with E-state index < -0.39 is 18.1 Å². The molecule has 1 fully saturated rings. The number of carboxylic acid groups (broad SMARTS) is 1. The zero-order valence-electron chi connectivity index (χ0n) is 11.9. The first kappa shape index (κ1) is 15.6. The highest BCUT2D eigenvalue weighted by Gasteiger charge is 2.22. The maximum Gasteiger partial charge on any atom is 0.323 e. The van der Waals surface area contributed by atoms with Crippen molar-refractivity contribution in [2.24, 2.45) is 0 Å². The second-order valence-electron chi connectivity index (χ2n) is 4.93. The number of morpholine rings is 1. The Kier molecular flexibility index (Phi) is 5.43. The first-order valence-corrected chi connectivity index (χ1v) is 6.86. The quantitative estimate of drug-likeness (QED) is 0.628. The Bertz CT molecular complexity index is 460. The molecule has 0 spiro atoms. The maximum atomic E-state index is 11.0. The summed E-state index contributed by atoms with van der Waals surface area (Å²) in [6, 6.07) is -1.01. The number of aliphatic hydroxyl groups is 1. The molecule has 8 heteroatoms. The fourth-order valence-electron chi connectivity index (χ4n) is 2.06. The third-order valence-corrected chi connectivity index (χ3v) is 3.26. The fourth-order valence-corrected chi connectivity index (χ4v) is 2.06. The van der Waals surface area contributed by atoms with Gasteiger partial charge >= 0.3 is 5.97 Å². The minimum absolute atomic E-state index is 0.283. The predicted molar refractivity (Wildman–Crippen MR) is 75.0 cm³/mol. The Balaban J connectivity index is 1.91. The highest BCUT2D eigenvalue weighted by Crippen LogP contribution is 2.09. The van der Waals surface area contributed by atoms with Crippen molar-refractivity contribution < 1.29 is 19.7 Å². The minimum atomic E-state index is -1.09. The fraction of sp³-hybridized carbons (Fsp3) is 0.615. The van der Waals surface area contributed by atoms with E-state index in [0.29, 0.717) is 19.2 Å². The van der Waals surface area contributed by atoms with Gasteiger partial charge in [-0.15, -0.1) is 0 Å². The normalized spacial score (nSPS) is 18.3. The lowest BCUT2D eigenvalue weighted by molar-refractivity contribution is -0.142. The topological polar surface area (TPSA) is 108 Å². The van der Waals surface area contributed by atoms with Crippen LogP contribution in [-0.2, 0) is 16.1 Å². The molecule has 116 valence electrons. The molecule has 0 amide bonds. The zero-order valence-corrected chi connectivity index (χ0v) is 11.9. The van der Waals surface area contributed by atoms with Crippen LogP contribution in [0.3, 0.4) is 0 Å². The minimum Gasteiger partial charge on any atom is -0.480 e. The largest absolute Gasteiger partial charge is 0.480 e. The van der Waals surface area contributed by atoms with Crippen LogP contribution in [0, 0.1) is 0 Å². The van der Waals surface area contributed by atoms with Crippen molar-refractivity contribution in [3.8, 4) is 0 Å². The average molecular weight is 296 g/mol. The number of carbonyl (C=O) groups is 1. The van der Waals surface area contributed by atoms with Crippen LogP contribution in [0.1, 0.15) is 12.5 Å². The molecular weight excluding hydrogens is 276 g/mol. The molecule has 0 aliphatic carbocycles. The Morgan fingerprint density at radius 1 is 1.43 bits per heavy atom. The molecule has 1 aliphatic rings. The van der Waals surface area contributed by atoms with Gasteiger partial charge in [-0.1, -0.05) is 0 Å². The zero-order chi connectivity index (χ0) is 15.2. The number of carboxylic acids is 1. The van der Waals surface area contributed by atoms with Crippen molar-refractivity contribution in [3.05, 3.63) is 18.0 Å². The van der Waals surface area contributed by atoms with Gasteiger partial charge in [-0.05, 0) is 6.92 Å². The first-order valence-electron chi connectivity index (χ1n) is 6.86. The van der Waals surface area contributed by atoms with E-state index in [1.165, 1.54) is 6.92 Å². The van der Waals surface area contributed by atoms with Gasteiger partial charge in [0.05, 0.1) is 19.3 Å². The number of nitrogens with zero attached hydrogens (tertiary/aromatic N) is 3. The van der Waals surface area contributed by atoms with Gasteiger partial charge < -0.3 is 19.8 Å². The average Bonchev–Trinajstić information content (AvgIpc) is 2.48. The summed E-state index contributed by atoms with van der Waals surface area (Å²) in [6.45, 7) is 4.58. The lowest BCUT2D eigenvalue weighted by Gasteiger charge is -2.26. The van der Waals surface area contributed by atoms with E-state index in [1.807, 2.05) is 4.90 Å². The molecular formula is C13H20N4O4. The number of rotatable bonds is 6. The number of nitrogens with one attached hydrogen (secondary N) is 1. The van der Waals surface area contributed by atoms with Crippen molar-refractivity contribution in [1.29, 1.82) is 0 Å². The summed E-state index contributed by atoms with van der Waals surface area (Å²) < 4.78 is 5.27. The SMILES string of the molecule is C[C@@H](O)[C@H](NCc1cnc(N2CCOCC2)nc1)C(=O)O. The maximum absolute atomic E-state index is 11.0. The smallest absolute Gasteiger partial charge is 0.323 e. The highest BCUT2D eigenvalue weighted by atomic mass is 16.5. The van der Waals surface area contributed by atoms with Crippen LogP contribution in [-0.4, -0.2) is 64.6 Å². The standard InChI is InChI=1S/C13H20N4O4/c1-9(18)11(12(19)20)14-6-10-7-15-13(16-8-10)17-2-4-21-5-3-17/h7-9,11,14,18H,2-6H2,1H3,(H,19,20)/t9-,11+/m1/s1. The second-order valence-corrected chi connectivity index (χ2v) is 4.93. The summed E-state index contributed by atoms with van der Waals surface area (Å²) in [5, 5.41) is 21.1. The molecule has 2 heterocycles. The molecule has 0 saturated carbocycles. The van der Waals surface area contributed by atoms with Crippen molar-refractivity contribution in [2.45, 2.75) is 25.6 Å². The molecule has 1 saturated heterocycles. The molecule has 1 aliphatic heterocycles. The van der Waals surface area contributed by atoms with Crippen molar-refractivity contribution >= 4 is 11.9 Å². The number of anilines is 1. The summed E-state index contributed by atoms with van der Waals surface area (Å²) in [5.41, 5.74) is 0.763. The Hall–Kier alpha value is -1.77. The van der Waals surface area contributed by atoms with Crippen LogP contribution in [0.5, 0.6) is 0 Å². The van der Waals surface area contributed by atoms with Gasteiger partial charge in [-0.3, -0.25) is 10.1 Å². The highest BCUT2D eigenvalue weighted by molar-refractivity contribution is 5.74. The van der Waals surface area contributed by atoms with Crippen LogP contribution >= 0.6 is 0 Å². The van der Waals surface area contributed by atoms with Crippen LogP contribution in [0.4, 0.5) is 5.95 Å². The molecule has 0 unspecified atom stereocenters. The van der Waals surface area contributed by atoms with Gasteiger partial charge in [0, 0.05) is 37.6 Å². The van der Waals surface area contributed by atoms with E-state index in [2.05, 4.69) is 15.3 Å². The molecule has 3 N–H and O–H groups in total. The van der Waals surface area contributed by atoms with Crippen LogP contribution in [0.15, 0.2) is 12.4 Å². The Morgan fingerprint density at radius 3 is 2.57 bits per heavy atom. The number of hydrogen-bond donors (Lipinski definition) is 3. The summed E-state index contributed by atoms with van der Waals surface area (Å²) in [4.78, 5) is 21.5. The van der Waals surface area contributed by atoms with E-state index in [0.717, 1.165) is 18.7 Å². The van der Waals surface area contributed by atoms with Crippen LogP contribution < -0.4 is 10.2 Å². The van der Waals surface area contributed by atoms with Crippen molar-refractivity contribution in [2.75, 3.05) is 31.2 Å². The van der Waals surface area contributed by atoms with E-state index in [-0.39, 0.29) is 6.54 Å². The number of aliphatic hydroxyl groups excluding tert-OH is 1. The van der Waals surface area contributed by atoms with E-state index in [9.17, 15) is 9.90 Å². The van der Waals surface area contributed by atoms with Crippen LogP contribution in [0.25, 0.3) is 0 Å². The predicted octanol–water partition coefficient (Wildman–Crippen LogP) is -0.763. The van der Waals surface area contributed by atoms with Gasteiger partial charge in [-0.2, -0.15) is 0 Å². The number of hydrogen-bond acceptors (Lipinski definition) is 7. The summed E-state index contributed by atoms with van der Waals surface area (Å²) in [5.74, 6) is -0.441. The van der Waals surface area contributed by atoms with E-state index >= 15 is 0 Å². The van der Waals surface area contributed by atoms with E-state index in [4.69, 9.17) is 9.84 Å². The summed E-state index contributed by atoms with van der Waals surface area (Å²) in [6.07, 6.45) is 2.34. The van der Waals surface area contributed by atoms with Gasteiger partial charge in [0.2, 0.25) is 5.95 Å². The van der Waals surface area contributed by atoms with E-state index in [1.54, 1.807) is 12.4 Å². The Morgan fingerprint density at radius 2 is 2.05 bits per heavy atom. The van der Waals surface area contributed by atoms with Crippen LogP contribution in [0.2, 0.25) is 0 Å². The lowest BCUT2D eigenvalue weighted by Crippen LogP contribution is -2.44. The third-order valence-electron chi connectivity index (χ3n) is 3.26. The van der Waals surface area contributed by atoms with Crippen molar-refractivity contribution in [1.82, 2.24) is 15.3 Å². The monoisotopic (exact) mass is 296 g/mol. The van der Waals surface area contributed by atoms with Crippen molar-refractivity contribution in [3.63, 3.8) is 0 Å². The number of ether oxygens (including phenoxy) is 1. The number of aliphatic carboxylic acids is 1. The first-order chi connectivity index (χ1) is 10.1. The molecule has 0 radical (unpaired) electrons. The summed E-state index contributed by atoms with van der Waals surface area (Å²) >= 11 is 0.